The minimum Gasteiger partial charge on any atom is -0.746 e. The van der Waals surface area contributed by atoms with Crippen LogP contribution >= 0.6 is 11.8 Å². The molecule has 2 atom stereocenters. The van der Waals surface area contributed by atoms with Crippen molar-refractivity contribution in [2.45, 2.75) is 20.1 Å². The molecule has 0 heterocycles. The van der Waals surface area contributed by atoms with Gasteiger partial charge in [-0.05, 0) is 35.9 Å². The summed E-state index contributed by atoms with van der Waals surface area (Å²) in [5.74, 6) is 0. The van der Waals surface area contributed by atoms with Gasteiger partial charge in [-0.3, -0.25) is 4.21 Å². The molecule has 22 heavy (non-hydrogen) atoms. The van der Waals surface area contributed by atoms with E-state index in [1.54, 1.807) is 30.5 Å². The lowest BCUT2D eigenvalue weighted by atomic mass is 10.2. The number of aliphatic hydroxyl groups is 1. The minimum absolute atomic E-state index is 0.0303. The van der Waals surface area contributed by atoms with E-state index in [0.717, 1.165) is 14.7 Å². The topological polar surface area (TPSA) is 94.5 Å². The zero-order valence-electron chi connectivity index (χ0n) is 11.5. The summed E-state index contributed by atoms with van der Waals surface area (Å²) < 4.78 is 43.8. The number of hydrogen-bond donors (Lipinski definition) is 1. The second-order valence-electron chi connectivity index (χ2n) is 4.45. The molecule has 0 saturated carbocycles. The van der Waals surface area contributed by atoms with Gasteiger partial charge in [0, 0.05) is 31.7 Å². The van der Waals surface area contributed by atoms with E-state index in [0.29, 0.717) is 0 Å². The van der Waals surface area contributed by atoms with Crippen LogP contribution in [0.1, 0.15) is 11.0 Å². The molecule has 0 fully saturated rings. The second-order valence-corrected chi connectivity index (χ2v) is 8.40. The van der Waals surface area contributed by atoms with E-state index >= 15 is 0 Å². The molecule has 2 aromatic rings. The summed E-state index contributed by atoms with van der Waals surface area (Å²) in [6.45, 7) is 0. The van der Waals surface area contributed by atoms with Gasteiger partial charge in [0.1, 0.15) is 10.1 Å². The molecular weight excluding hydrogens is 344 g/mol. The Bertz CT molecular complexity index is 784. The van der Waals surface area contributed by atoms with Crippen molar-refractivity contribution in [1.82, 2.24) is 0 Å². The fraction of sp³-hybridized carbons (Fsp3) is 0.143. The molecule has 5 nitrogen and oxygen atoms in total. The standard InChI is InChI=1S/C14H14O5S3/c1-21(16)13-4-2-3-12(9-13)20-11-7-5-10(6-8-11)14(15)22(17,18)19/h2-9,14-15H,1H3,(H,17,18,19)/p-1. The van der Waals surface area contributed by atoms with Crippen LogP contribution in [-0.2, 0) is 20.9 Å². The lowest BCUT2D eigenvalue weighted by molar-refractivity contribution is 0.236. The predicted molar refractivity (Wildman–Crippen MR) is 84.0 cm³/mol. The lowest BCUT2D eigenvalue weighted by Gasteiger charge is -2.15. The fourth-order valence-electron chi connectivity index (χ4n) is 1.72. The first-order chi connectivity index (χ1) is 10.3. The molecule has 118 valence electrons. The third-order valence-electron chi connectivity index (χ3n) is 2.81. The van der Waals surface area contributed by atoms with Crippen LogP contribution in [0.3, 0.4) is 0 Å². The Hall–Kier alpha value is -1.19. The van der Waals surface area contributed by atoms with Gasteiger partial charge in [-0.2, -0.15) is 0 Å². The van der Waals surface area contributed by atoms with Gasteiger partial charge < -0.3 is 9.66 Å². The van der Waals surface area contributed by atoms with E-state index in [4.69, 9.17) is 0 Å². The summed E-state index contributed by atoms with van der Waals surface area (Å²) in [6.07, 6.45) is 1.60. The van der Waals surface area contributed by atoms with Crippen LogP contribution in [0.5, 0.6) is 0 Å². The maximum atomic E-state index is 11.5. The van der Waals surface area contributed by atoms with Gasteiger partial charge in [0.25, 0.3) is 0 Å². The van der Waals surface area contributed by atoms with Crippen LogP contribution < -0.4 is 0 Å². The average Bonchev–Trinajstić information content (AvgIpc) is 2.46. The minimum atomic E-state index is -4.78. The maximum absolute atomic E-state index is 11.5. The summed E-state index contributed by atoms with van der Waals surface area (Å²) in [5.41, 5.74) is -2.03. The smallest absolute Gasteiger partial charge is 0.168 e. The summed E-state index contributed by atoms with van der Waals surface area (Å²) in [7, 11) is -5.84. The highest BCUT2D eigenvalue weighted by Gasteiger charge is 2.14. The van der Waals surface area contributed by atoms with Gasteiger partial charge in [0.15, 0.2) is 5.44 Å². The number of rotatable bonds is 5. The second kappa shape index (κ2) is 6.93. The van der Waals surface area contributed by atoms with Crippen molar-refractivity contribution in [3.8, 4) is 0 Å². The van der Waals surface area contributed by atoms with Crippen LogP contribution in [0.2, 0.25) is 0 Å². The first-order valence-electron chi connectivity index (χ1n) is 6.11. The highest BCUT2D eigenvalue weighted by molar-refractivity contribution is 7.99. The Morgan fingerprint density at radius 3 is 2.32 bits per heavy atom. The van der Waals surface area contributed by atoms with Gasteiger partial charge >= 0.3 is 0 Å². The molecule has 0 aliphatic rings. The highest BCUT2D eigenvalue weighted by atomic mass is 32.2. The molecule has 2 rings (SSSR count). The first kappa shape index (κ1) is 17.2. The van der Waals surface area contributed by atoms with Crippen molar-refractivity contribution < 1.29 is 22.3 Å². The van der Waals surface area contributed by atoms with Crippen LogP contribution in [-0.4, -0.2) is 28.5 Å². The summed E-state index contributed by atoms with van der Waals surface area (Å²) in [4.78, 5) is 2.41. The Balaban J connectivity index is 2.18. The van der Waals surface area contributed by atoms with E-state index in [-0.39, 0.29) is 5.56 Å². The van der Waals surface area contributed by atoms with Crippen LogP contribution in [0.15, 0.2) is 63.2 Å². The van der Waals surface area contributed by atoms with Crippen molar-refractivity contribution in [3.63, 3.8) is 0 Å². The Labute approximate surface area is 135 Å². The van der Waals surface area contributed by atoms with Gasteiger partial charge in [-0.15, -0.1) is 0 Å². The molecule has 1 N–H and O–H groups in total. The van der Waals surface area contributed by atoms with E-state index in [9.17, 15) is 22.3 Å². The van der Waals surface area contributed by atoms with Crippen LogP contribution in [0.4, 0.5) is 0 Å². The van der Waals surface area contributed by atoms with E-state index in [1.807, 2.05) is 12.1 Å². The highest BCUT2D eigenvalue weighted by Crippen LogP contribution is 2.30. The monoisotopic (exact) mass is 357 g/mol. The molecule has 0 amide bonds. The zero-order valence-corrected chi connectivity index (χ0v) is 14.0. The molecule has 8 heteroatoms. The lowest BCUT2D eigenvalue weighted by Crippen LogP contribution is -2.11. The predicted octanol–water partition coefficient (Wildman–Crippen LogP) is 2.11. The van der Waals surface area contributed by atoms with Crippen molar-refractivity contribution in [2.24, 2.45) is 0 Å². The molecule has 2 unspecified atom stereocenters. The van der Waals surface area contributed by atoms with Crippen LogP contribution in [0.25, 0.3) is 0 Å². The van der Waals surface area contributed by atoms with Gasteiger partial charge in [0.05, 0.1) is 0 Å². The summed E-state index contributed by atoms with van der Waals surface area (Å²) in [6, 6.07) is 13.3. The largest absolute Gasteiger partial charge is 0.746 e. The van der Waals surface area contributed by atoms with Crippen LogP contribution in [0, 0.1) is 0 Å². The van der Waals surface area contributed by atoms with E-state index in [1.165, 1.54) is 23.9 Å². The van der Waals surface area contributed by atoms with Crippen molar-refractivity contribution >= 4 is 32.7 Å². The molecule has 0 spiro atoms. The van der Waals surface area contributed by atoms with Crippen molar-refractivity contribution in [2.75, 3.05) is 6.26 Å². The van der Waals surface area contributed by atoms with Gasteiger partial charge in [-0.25, -0.2) is 8.42 Å². The summed E-state index contributed by atoms with van der Waals surface area (Å²) >= 11 is 1.40. The molecule has 0 aromatic heterocycles. The molecule has 0 saturated heterocycles. The number of hydrogen-bond acceptors (Lipinski definition) is 6. The number of benzene rings is 2. The van der Waals surface area contributed by atoms with Gasteiger partial charge in [0.2, 0.25) is 0 Å². The molecule has 0 radical (unpaired) electrons. The van der Waals surface area contributed by atoms with E-state index in [2.05, 4.69) is 0 Å². The normalized spacial score (nSPS) is 14.5. The zero-order chi connectivity index (χ0) is 16.3. The molecule has 0 aliphatic carbocycles. The Kier molecular flexibility index (Phi) is 5.41. The molecule has 0 bridgehead atoms. The molecule has 2 aromatic carbocycles. The molecular formula is C14H13O5S3-. The molecule has 0 aliphatic heterocycles. The third-order valence-corrected chi connectivity index (χ3v) is 5.55. The van der Waals surface area contributed by atoms with Gasteiger partial charge in [-0.1, -0.05) is 30.0 Å². The summed E-state index contributed by atoms with van der Waals surface area (Å²) in [5, 5.41) is 9.39. The maximum Gasteiger partial charge on any atom is 0.168 e. The fourth-order valence-corrected chi connectivity index (χ4v) is 3.72. The Morgan fingerprint density at radius 1 is 1.14 bits per heavy atom. The first-order valence-corrected chi connectivity index (χ1v) is 9.96. The quantitative estimate of drug-likeness (QED) is 0.824. The SMILES string of the molecule is CS(=O)c1cccc(Sc2ccc(C(O)S(=O)(=O)[O-])cc2)c1. The van der Waals surface area contributed by atoms with Crippen molar-refractivity contribution in [1.29, 1.82) is 0 Å². The Morgan fingerprint density at radius 2 is 1.77 bits per heavy atom. The van der Waals surface area contributed by atoms with Crippen molar-refractivity contribution in [3.05, 3.63) is 54.1 Å². The third kappa shape index (κ3) is 4.40. The van der Waals surface area contributed by atoms with E-state index < -0.39 is 26.4 Å². The number of aliphatic hydroxyl groups excluding tert-OH is 1. The average molecular weight is 357 g/mol.